The average molecular weight is 357 g/mol. The molecule has 130 valence electrons. The lowest BCUT2D eigenvalue weighted by Crippen LogP contribution is -2.37. The number of guanidine groups is 1. The van der Waals surface area contributed by atoms with E-state index in [-0.39, 0.29) is 0 Å². The van der Waals surface area contributed by atoms with Crippen LogP contribution in [0.5, 0.6) is 5.75 Å². The molecule has 2 aromatic rings. The fourth-order valence-corrected chi connectivity index (χ4v) is 2.54. The summed E-state index contributed by atoms with van der Waals surface area (Å²) in [7, 11) is 3.35. The number of rotatable bonds is 6. The van der Waals surface area contributed by atoms with Crippen molar-refractivity contribution in [2.45, 2.75) is 13.0 Å². The summed E-state index contributed by atoms with van der Waals surface area (Å²) in [5.41, 5.74) is 2.79. The molecule has 2 aromatic carbocycles. The van der Waals surface area contributed by atoms with Crippen molar-refractivity contribution in [3.63, 3.8) is 0 Å². The zero-order chi connectivity index (χ0) is 18.1. The van der Waals surface area contributed by atoms with Crippen molar-refractivity contribution >= 4 is 17.6 Å². The first kappa shape index (κ1) is 18.6. The molecule has 5 nitrogen and oxygen atoms in total. The van der Waals surface area contributed by atoms with Crippen LogP contribution in [0.1, 0.15) is 16.7 Å². The molecule has 0 atom stereocenters. The Morgan fingerprint density at radius 1 is 1.20 bits per heavy atom. The Morgan fingerprint density at radius 3 is 2.56 bits per heavy atom. The van der Waals surface area contributed by atoms with E-state index in [0.717, 1.165) is 23.3 Å². The van der Waals surface area contributed by atoms with Gasteiger partial charge in [0.25, 0.3) is 0 Å². The van der Waals surface area contributed by atoms with E-state index >= 15 is 0 Å². The number of methoxy groups -OCH3 is 1. The normalized spacial score (nSPS) is 10.9. The predicted molar refractivity (Wildman–Crippen MR) is 101 cm³/mol. The van der Waals surface area contributed by atoms with Gasteiger partial charge < -0.3 is 15.4 Å². The number of aliphatic imine (C=N–C) groups is 1. The summed E-state index contributed by atoms with van der Waals surface area (Å²) in [5.74, 6) is 1.47. The third-order valence-corrected chi connectivity index (χ3v) is 4.07. The van der Waals surface area contributed by atoms with Gasteiger partial charge in [-0.15, -0.1) is 0 Å². The van der Waals surface area contributed by atoms with Gasteiger partial charge in [-0.25, -0.2) is 0 Å². The third kappa shape index (κ3) is 5.70. The van der Waals surface area contributed by atoms with Gasteiger partial charge in [-0.05, 0) is 41.8 Å². The van der Waals surface area contributed by atoms with Gasteiger partial charge in [-0.3, -0.25) is 4.99 Å². The standard InChI is InChI=1S/C19H21ClN4O/c1-22-19(24-13-15-5-3-14(12-21)4-6-15)23-10-9-16-7-8-17(25-2)11-18(16)20/h3-8,11H,9-10,13H2,1-2H3,(H2,22,23,24). The topological polar surface area (TPSA) is 69.4 Å². The van der Waals surface area contributed by atoms with Gasteiger partial charge in [0.05, 0.1) is 18.7 Å². The molecule has 0 radical (unpaired) electrons. The minimum absolute atomic E-state index is 0.634. The third-order valence-electron chi connectivity index (χ3n) is 3.71. The van der Waals surface area contributed by atoms with Gasteiger partial charge >= 0.3 is 0 Å². The maximum absolute atomic E-state index is 8.81. The Bertz CT molecular complexity index is 766. The molecule has 0 aliphatic carbocycles. The Morgan fingerprint density at radius 2 is 1.96 bits per heavy atom. The van der Waals surface area contributed by atoms with Crippen LogP contribution in [0, 0.1) is 11.3 Å². The molecule has 0 aromatic heterocycles. The molecule has 6 heteroatoms. The summed E-state index contributed by atoms with van der Waals surface area (Å²) in [6, 6.07) is 15.3. The summed E-state index contributed by atoms with van der Waals surface area (Å²) in [6.07, 6.45) is 0.778. The summed E-state index contributed by atoms with van der Waals surface area (Å²) >= 11 is 6.25. The second-order valence-corrected chi connectivity index (χ2v) is 5.78. The van der Waals surface area contributed by atoms with Crippen LogP contribution in [-0.2, 0) is 13.0 Å². The van der Waals surface area contributed by atoms with E-state index in [4.69, 9.17) is 21.6 Å². The lowest BCUT2D eigenvalue weighted by atomic mass is 10.1. The molecule has 25 heavy (non-hydrogen) atoms. The van der Waals surface area contributed by atoms with Crippen molar-refractivity contribution in [2.75, 3.05) is 20.7 Å². The molecule has 0 aliphatic heterocycles. The highest BCUT2D eigenvalue weighted by molar-refractivity contribution is 6.31. The number of hydrogen-bond donors (Lipinski definition) is 2. The van der Waals surface area contributed by atoms with Crippen molar-refractivity contribution in [1.29, 1.82) is 5.26 Å². The summed E-state index contributed by atoms with van der Waals surface area (Å²) in [5, 5.41) is 16.0. The first-order valence-electron chi connectivity index (χ1n) is 7.92. The monoisotopic (exact) mass is 356 g/mol. The fourth-order valence-electron chi connectivity index (χ4n) is 2.28. The van der Waals surface area contributed by atoms with E-state index in [1.807, 2.05) is 30.3 Å². The molecule has 2 N–H and O–H groups in total. The summed E-state index contributed by atoms with van der Waals surface area (Å²) < 4.78 is 5.15. The van der Waals surface area contributed by atoms with E-state index < -0.39 is 0 Å². The molecule has 0 fully saturated rings. The van der Waals surface area contributed by atoms with E-state index in [1.165, 1.54) is 0 Å². The highest BCUT2D eigenvalue weighted by Crippen LogP contribution is 2.22. The maximum atomic E-state index is 8.81. The number of benzene rings is 2. The maximum Gasteiger partial charge on any atom is 0.191 e. The van der Waals surface area contributed by atoms with Crippen molar-refractivity contribution in [1.82, 2.24) is 10.6 Å². The van der Waals surface area contributed by atoms with Crippen molar-refractivity contribution in [3.8, 4) is 11.8 Å². The van der Waals surface area contributed by atoms with E-state index in [1.54, 1.807) is 26.3 Å². The summed E-state index contributed by atoms with van der Waals surface area (Å²) in [6.45, 7) is 1.34. The number of hydrogen-bond acceptors (Lipinski definition) is 3. The molecule has 0 bridgehead atoms. The van der Waals surface area contributed by atoms with Crippen LogP contribution >= 0.6 is 11.6 Å². The first-order chi connectivity index (χ1) is 12.2. The number of ether oxygens (including phenoxy) is 1. The number of nitrogens with one attached hydrogen (secondary N) is 2. The van der Waals surface area contributed by atoms with Gasteiger partial charge in [0.1, 0.15) is 5.75 Å². The molecule has 2 rings (SSSR count). The number of nitriles is 1. The zero-order valence-electron chi connectivity index (χ0n) is 14.3. The largest absolute Gasteiger partial charge is 0.497 e. The SMILES string of the molecule is CN=C(NCCc1ccc(OC)cc1Cl)NCc1ccc(C#N)cc1. The molecule has 0 heterocycles. The van der Waals surface area contributed by atoms with Crippen LogP contribution in [-0.4, -0.2) is 26.7 Å². The smallest absolute Gasteiger partial charge is 0.191 e. The lowest BCUT2D eigenvalue weighted by molar-refractivity contribution is 0.414. The quantitative estimate of drug-likeness (QED) is 0.616. The molecule has 0 spiro atoms. The minimum Gasteiger partial charge on any atom is -0.497 e. The van der Waals surface area contributed by atoms with Crippen molar-refractivity contribution in [3.05, 3.63) is 64.2 Å². The lowest BCUT2D eigenvalue weighted by Gasteiger charge is -2.13. The van der Waals surface area contributed by atoms with Crippen LogP contribution < -0.4 is 15.4 Å². The fraction of sp³-hybridized carbons (Fsp3) is 0.263. The first-order valence-corrected chi connectivity index (χ1v) is 8.30. The Hall–Kier alpha value is -2.71. The molecule has 0 amide bonds. The molecular weight excluding hydrogens is 336 g/mol. The number of nitrogens with zero attached hydrogens (tertiary/aromatic N) is 2. The molecule has 0 saturated carbocycles. The predicted octanol–water partition coefficient (Wildman–Crippen LogP) is 3.13. The Kier molecular flexibility index (Phi) is 7.12. The van der Waals surface area contributed by atoms with Crippen LogP contribution in [0.4, 0.5) is 0 Å². The summed E-state index contributed by atoms with van der Waals surface area (Å²) in [4.78, 5) is 4.21. The van der Waals surface area contributed by atoms with Crippen LogP contribution in [0.3, 0.4) is 0 Å². The molecule has 0 saturated heterocycles. The van der Waals surface area contributed by atoms with Crippen LogP contribution in [0.15, 0.2) is 47.5 Å². The van der Waals surface area contributed by atoms with Crippen molar-refractivity contribution < 1.29 is 4.74 Å². The Labute approximate surface area is 153 Å². The second-order valence-electron chi connectivity index (χ2n) is 5.37. The van der Waals surface area contributed by atoms with Crippen LogP contribution in [0.2, 0.25) is 5.02 Å². The van der Waals surface area contributed by atoms with E-state index in [9.17, 15) is 0 Å². The molecule has 0 aliphatic rings. The van der Waals surface area contributed by atoms with Gasteiger partial charge in [0.2, 0.25) is 0 Å². The highest BCUT2D eigenvalue weighted by atomic mass is 35.5. The average Bonchev–Trinajstić information content (AvgIpc) is 2.66. The van der Waals surface area contributed by atoms with Crippen LogP contribution in [0.25, 0.3) is 0 Å². The Balaban J connectivity index is 1.81. The molecular formula is C19H21ClN4O. The molecule has 0 unspecified atom stereocenters. The van der Waals surface area contributed by atoms with E-state index in [2.05, 4.69) is 21.7 Å². The van der Waals surface area contributed by atoms with Gasteiger partial charge in [0.15, 0.2) is 5.96 Å². The van der Waals surface area contributed by atoms with E-state index in [0.29, 0.717) is 29.6 Å². The van der Waals surface area contributed by atoms with Gasteiger partial charge in [-0.1, -0.05) is 29.8 Å². The minimum atomic E-state index is 0.634. The van der Waals surface area contributed by atoms with Gasteiger partial charge in [0, 0.05) is 25.2 Å². The van der Waals surface area contributed by atoms with Gasteiger partial charge in [-0.2, -0.15) is 5.26 Å². The second kappa shape index (κ2) is 9.55. The highest BCUT2D eigenvalue weighted by Gasteiger charge is 2.04. The number of halogens is 1. The van der Waals surface area contributed by atoms with Crippen molar-refractivity contribution in [2.24, 2.45) is 4.99 Å². The zero-order valence-corrected chi connectivity index (χ0v) is 15.1.